The summed E-state index contributed by atoms with van der Waals surface area (Å²) in [5.41, 5.74) is 10.4. The predicted molar refractivity (Wildman–Crippen MR) is 88.2 cm³/mol. The normalized spacial score (nSPS) is 16.6. The summed E-state index contributed by atoms with van der Waals surface area (Å²) in [6.07, 6.45) is 2.13. The molecule has 0 saturated carbocycles. The Hall–Kier alpha value is -1.87. The largest absolute Gasteiger partial charge is 0.492 e. The van der Waals surface area contributed by atoms with E-state index in [9.17, 15) is 0 Å². The molecule has 0 fully saturated rings. The summed E-state index contributed by atoms with van der Waals surface area (Å²) in [5.74, 6) is 0.726. The summed E-state index contributed by atoms with van der Waals surface area (Å²) in [4.78, 5) is 0. The predicted octanol–water partition coefficient (Wildman–Crippen LogP) is 4.42. The summed E-state index contributed by atoms with van der Waals surface area (Å²) < 4.78 is 5.46. The summed E-state index contributed by atoms with van der Waals surface area (Å²) in [5, 5.41) is 4.18. The molecule has 0 radical (unpaired) electrons. The number of halogens is 1. The Kier molecular flexibility index (Phi) is 3.93. The van der Waals surface area contributed by atoms with Gasteiger partial charge in [0.1, 0.15) is 5.75 Å². The van der Waals surface area contributed by atoms with Crippen molar-refractivity contribution in [3.05, 3.63) is 52.5 Å². The molecule has 0 heterocycles. The van der Waals surface area contributed by atoms with Crippen LogP contribution in [0.2, 0.25) is 5.02 Å². The van der Waals surface area contributed by atoms with Crippen molar-refractivity contribution in [2.24, 2.45) is 0 Å². The fourth-order valence-electron chi connectivity index (χ4n) is 2.85. The van der Waals surface area contributed by atoms with Crippen LogP contribution >= 0.6 is 11.6 Å². The second kappa shape index (κ2) is 5.86. The van der Waals surface area contributed by atoms with Crippen molar-refractivity contribution < 1.29 is 4.74 Å². The second-order valence-electron chi connectivity index (χ2n) is 5.27. The SMILES string of the molecule is CCOc1ccc(NC2CCc3cc(N)ccc32)cc1Cl. The fourth-order valence-corrected chi connectivity index (χ4v) is 3.09. The van der Waals surface area contributed by atoms with Crippen LogP contribution in [0.4, 0.5) is 11.4 Å². The Morgan fingerprint density at radius 2 is 2.14 bits per heavy atom. The van der Waals surface area contributed by atoms with E-state index in [0.29, 0.717) is 17.7 Å². The summed E-state index contributed by atoms with van der Waals surface area (Å²) in [6.45, 7) is 2.56. The van der Waals surface area contributed by atoms with E-state index in [0.717, 1.165) is 30.0 Å². The molecule has 2 aromatic rings. The van der Waals surface area contributed by atoms with Crippen molar-refractivity contribution in [2.45, 2.75) is 25.8 Å². The number of aryl methyl sites for hydroxylation is 1. The number of fused-ring (bicyclic) bond motifs is 1. The lowest BCUT2D eigenvalue weighted by Gasteiger charge is -2.17. The van der Waals surface area contributed by atoms with Gasteiger partial charge in [0.05, 0.1) is 17.7 Å². The molecule has 110 valence electrons. The lowest BCUT2D eigenvalue weighted by atomic mass is 10.1. The van der Waals surface area contributed by atoms with Gasteiger partial charge in [-0.25, -0.2) is 0 Å². The highest BCUT2D eigenvalue weighted by atomic mass is 35.5. The zero-order valence-electron chi connectivity index (χ0n) is 12.0. The Labute approximate surface area is 130 Å². The van der Waals surface area contributed by atoms with Crippen molar-refractivity contribution in [3.63, 3.8) is 0 Å². The molecule has 3 N–H and O–H groups in total. The molecule has 0 aliphatic heterocycles. The van der Waals surface area contributed by atoms with Gasteiger partial charge < -0.3 is 15.8 Å². The van der Waals surface area contributed by atoms with E-state index in [1.807, 2.05) is 31.2 Å². The zero-order chi connectivity index (χ0) is 14.8. The Balaban J connectivity index is 1.78. The van der Waals surface area contributed by atoms with Crippen LogP contribution in [0.15, 0.2) is 36.4 Å². The summed E-state index contributed by atoms with van der Waals surface area (Å²) in [7, 11) is 0. The van der Waals surface area contributed by atoms with Crippen LogP contribution in [0.3, 0.4) is 0 Å². The van der Waals surface area contributed by atoms with Gasteiger partial charge in [-0.3, -0.25) is 0 Å². The molecular formula is C17H19ClN2O. The Morgan fingerprint density at radius 3 is 2.90 bits per heavy atom. The van der Waals surface area contributed by atoms with Gasteiger partial charge in [0.25, 0.3) is 0 Å². The third-order valence-corrected chi connectivity index (χ3v) is 4.11. The van der Waals surface area contributed by atoms with Gasteiger partial charge in [0, 0.05) is 11.4 Å². The van der Waals surface area contributed by atoms with E-state index >= 15 is 0 Å². The van der Waals surface area contributed by atoms with Gasteiger partial charge in [-0.05, 0) is 61.2 Å². The lowest BCUT2D eigenvalue weighted by Crippen LogP contribution is -2.07. The lowest BCUT2D eigenvalue weighted by molar-refractivity contribution is 0.340. The third-order valence-electron chi connectivity index (χ3n) is 3.82. The van der Waals surface area contributed by atoms with Crippen LogP contribution in [0.25, 0.3) is 0 Å². The van der Waals surface area contributed by atoms with Gasteiger partial charge >= 0.3 is 0 Å². The highest BCUT2D eigenvalue weighted by Gasteiger charge is 2.22. The number of nitrogens with one attached hydrogen (secondary N) is 1. The quantitative estimate of drug-likeness (QED) is 0.822. The summed E-state index contributed by atoms with van der Waals surface area (Å²) >= 11 is 6.23. The van der Waals surface area contributed by atoms with E-state index in [-0.39, 0.29) is 0 Å². The van der Waals surface area contributed by atoms with E-state index in [2.05, 4.69) is 17.4 Å². The smallest absolute Gasteiger partial charge is 0.138 e. The van der Waals surface area contributed by atoms with E-state index in [1.165, 1.54) is 11.1 Å². The van der Waals surface area contributed by atoms with Crippen LogP contribution in [-0.4, -0.2) is 6.61 Å². The number of hydrogen-bond donors (Lipinski definition) is 2. The molecule has 21 heavy (non-hydrogen) atoms. The minimum absolute atomic E-state index is 0.314. The molecule has 1 aliphatic carbocycles. The first-order valence-corrected chi connectivity index (χ1v) is 7.62. The fraction of sp³-hybridized carbons (Fsp3) is 0.294. The topological polar surface area (TPSA) is 47.3 Å². The van der Waals surface area contributed by atoms with Gasteiger partial charge in [-0.1, -0.05) is 17.7 Å². The molecule has 0 bridgehead atoms. The highest BCUT2D eigenvalue weighted by molar-refractivity contribution is 6.32. The average molecular weight is 303 g/mol. The molecule has 3 nitrogen and oxygen atoms in total. The molecule has 0 aromatic heterocycles. The maximum absolute atomic E-state index is 6.23. The minimum Gasteiger partial charge on any atom is -0.492 e. The molecule has 0 saturated heterocycles. The number of benzene rings is 2. The standard InChI is InChI=1S/C17H19ClN2O/c1-2-21-17-8-5-13(10-15(17)18)20-16-7-3-11-9-12(19)4-6-14(11)16/h4-6,8-10,16,20H,2-3,7,19H2,1H3. The number of hydrogen-bond acceptors (Lipinski definition) is 3. The third kappa shape index (κ3) is 2.93. The van der Waals surface area contributed by atoms with Crippen LogP contribution in [0, 0.1) is 0 Å². The molecule has 1 aliphatic rings. The number of nitrogen functional groups attached to an aromatic ring is 1. The molecule has 0 amide bonds. The molecular weight excluding hydrogens is 284 g/mol. The van der Waals surface area contributed by atoms with Crippen molar-refractivity contribution in [1.29, 1.82) is 0 Å². The van der Waals surface area contributed by atoms with Crippen molar-refractivity contribution in [3.8, 4) is 5.75 Å². The van der Waals surface area contributed by atoms with Crippen molar-refractivity contribution >= 4 is 23.0 Å². The van der Waals surface area contributed by atoms with E-state index in [4.69, 9.17) is 22.1 Å². The maximum atomic E-state index is 6.23. The van der Waals surface area contributed by atoms with E-state index in [1.54, 1.807) is 0 Å². The van der Waals surface area contributed by atoms with E-state index < -0.39 is 0 Å². The zero-order valence-corrected chi connectivity index (χ0v) is 12.8. The Morgan fingerprint density at radius 1 is 1.29 bits per heavy atom. The highest BCUT2D eigenvalue weighted by Crippen LogP contribution is 2.36. The Bertz CT molecular complexity index is 657. The minimum atomic E-state index is 0.314. The van der Waals surface area contributed by atoms with Gasteiger partial charge in [-0.15, -0.1) is 0 Å². The van der Waals surface area contributed by atoms with Gasteiger partial charge in [-0.2, -0.15) is 0 Å². The molecule has 0 spiro atoms. The van der Waals surface area contributed by atoms with Crippen LogP contribution in [0.1, 0.15) is 30.5 Å². The number of anilines is 2. The van der Waals surface area contributed by atoms with Crippen LogP contribution in [0.5, 0.6) is 5.75 Å². The molecule has 1 atom stereocenters. The molecule has 2 aromatic carbocycles. The van der Waals surface area contributed by atoms with Crippen LogP contribution < -0.4 is 15.8 Å². The number of nitrogens with two attached hydrogens (primary N) is 1. The van der Waals surface area contributed by atoms with Gasteiger partial charge in [0.15, 0.2) is 0 Å². The van der Waals surface area contributed by atoms with Crippen LogP contribution in [-0.2, 0) is 6.42 Å². The molecule has 4 heteroatoms. The molecule has 3 rings (SSSR count). The average Bonchev–Trinajstić information content (AvgIpc) is 2.84. The van der Waals surface area contributed by atoms with Crippen molar-refractivity contribution in [2.75, 3.05) is 17.7 Å². The first-order chi connectivity index (χ1) is 10.2. The number of rotatable bonds is 4. The monoisotopic (exact) mass is 302 g/mol. The second-order valence-corrected chi connectivity index (χ2v) is 5.68. The molecule has 1 unspecified atom stereocenters. The first-order valence-electron chi connectivity index (χ1n) is 7.24. The first kappa shape index (κ1) is 14.1. The number of ether oxygens (including phenoxy) is 1. The van der Waals surface area contributed by atoms with Gasteiger partial charge in [0.2, 0.25) is 0 Å². The maximum Gasteiger partial charge on any atom is 0.138 e. The summed E-state index contributed by atoms with van der Waals surface area (Å²) in [6, 6.07) is 12.3. The van der Waals surface area contributed by atoms with Crippen molar-refractivity contribution in [1.82, 2.24) is 0 Å².